The zero-order chi connectivity index (χ0) is 26.8. The van der Waals surface area contributed by atoms with Crippen LogP contribution in [0, 0.1) is 0 Å². The van der Waals surface area contributed by atoms with Crippen molar-refractivity contribution in [3.63, 3.8) is 0 Å². The van der Waals surface area contributed by atoms with Crippen molar-refractivity contribution in [3.8, 4) is 17.2 Å². The van der Waals surface area contributed by atoms with Crippen LogP contribution in [0.25, 0.3) is 10.9 Å². The molecule has 39 heavy (non-hydrogen) atoms. The molecule has 2 aliphatic rings. The SMILES string of the molecule is CCOc1ccccc1N1CCN(c2nc(N3CCc4cc(OC)c(OC)cc4C3)c3ccccc3n2)CC1. The average Bonchev–Trinajstić information content (AvgIpc) is 3.00. The minimum absolute atomic E-state index is 0.659. The maximum absolute atomic E-state index is 5.88. The largest absolute Gasteiger partial charge is 0.493 e. The summed E-state index contributed by atoms with van der Waals surface area (Å²) in [6.45, 7) is 7.78. The van der Waals surface area contributed by atoms with E-state index < -0.39 is 0 Å². The van der Waals surface area contributed by atoms with Crippen molar-refractivity contribution in [1.29, 1.82) is 0 Å². The van der Waals surface area contributed by atoms with E-state index in [0.717, 1.165) is 91.3 Å². The number of ether oxygens (including phenoxy) is 3. The number of para-hydroxylation sites is 3. The minimum Gasteiger partial charge on any atom is -0.493 e. The van der Waals surface area contributed by atoms with E-state index >= 15 is 0 Å². The molecule has 0 aliphatic carbocycles. The topological polar surface area (TPSA) is 63.2 Å². The van der Waals surface area contributed by atoms with Gasteiger partial charge < -0.3 is 28.9 Å². The summed E-state index contributed by atoms with van der Waals surface area (Å²) in [6.07, 6.45) is 0.918. The van der Waals surface area contributed by atoms with Gasteiger partial charge in [-0.05, 0) is 60.9 Å². The standard InChI is InChI=1S/C31H35N5O3/c1-4-39-27-12-8-7-11-26(27)34-15-17-35(18-16-34)31-32-25-10-6-5-9-24(25)30(33-31)36-14-13-22-19-28(37-2)29(38-3)20-23(22)21-36/h5-12,19-20H,4,13-18,21H2,1-3H3. The van der Waals surface area contributed by atoms with Crippen molar-refractivity contribution in [2.75, 3.05) is 68.2 Å². The molecule has 1 fully saturated rings. The number of nitrogens with zero attached hydrogens (tertiary/aromatic N) is 5. The lowest BCUT2D eigenvalue weighted by atomic mass is 9.98. The summed E-state index contributed by atoms with van der Waals surface area (Å²) in [5.74, 6) is 4.26. The van der Waals surface area contributed by atoms with Gasteiger partial charge in [0, 0.05) is 44.7 Å². The zero-order valence-electron chi connectivity index (χ0n) is 22.9. The molecule has 0 radical (unpaired) electrons. The molecular formula is C31H35N5O3. The molecule has 0 atom stereocenters. The van der Waals surface area contributed by atoms with Crippen molar-refractivity contribution < 1.29 is 14.2 Å². The first-order valence-corrected chi connectivity index (χ1v) is 13.7. The highest BCUT2D eigenvalue weighted by molar-refractivity contribution is 5.90. The van der Waals surface area contributed by atoms with Crippen molar-refractivity contribution in [1.82, 2.24) is 9.97 Å². The summed E-state index contributed by atoms with van der Waals surface area (Å²) in [7, 11) is 3.37. The predicted molar refractivity (Wildman–Crippen MR) is 156 cm³/mol. The summed E-state index contributed by atoms with van der Waals surface area (Å²) in [5.41, 5.74) is 4.66. The summed E-state index contributed by atoms with van der Waals surface area (Å²) < 4.78 is 17.0. The molecule has 8 heteroatoms. The Morgan fingerprint density at radius 2 is 1.41 bits per heavy atom. The molecule has 0 N–H and O–H groups in total. The Morgan fingerprint density at radius 1 is 0.718 bits per heavy atom. The van der Waals surface area contributed by atoms with Crippen LogP contribution in [0.4, 0.5) is 17.5 Å². The normalized spacial score (nSPS) is 15.3. The molecule has 2 aliphatic heterocycles. The lowest BCUT2D eigenvalue weighted by Crippen LogP contribution is -2.47. The van der Waals surface area contributed by atoms with E-state index in [1.54, 1.807) is 14.2 Å². The fourth-order valence-electron chi connectivity index (χ4n) is 5.64. The second-order valence-electron chi connectivity index (χ2n) is 9.89. The van der Waals surface area contributed by atoms with Gasteiger partial charge in [0.05, 0.1) is 32.0 Å². The molecule has 3 aromatic carbocycles. The van der Waals surface area contributed by atoms with E-state index in [9.17, 15) is 0 Å². The van der Waals surface area contributed by atoms with Gasteiger partial charge in [0.1, 0.15) is 11.6 Å². The Balaban J connectivity index is 1.27. The number of hydrogen-bond donors (Lipinski definition) is 0. The highest BCUT2D eigenvalue weighted by Gasteiger charge is 2.26. The molecule has 8 nitrogen and oxygen atoms in total. The van der Waals surface area contributed by atoms with Crippen molar-refractivity contribution in [3.05, 3.63) is 71.8 Å². The molecule has 1 saturated heterocycles. The second kappa shape index (κ2) is 10.9. The third-order valence-corrected chi connectivity index (χ3v) is 7.66. The lowest BCUT2D eigenvalue weighted by molar-refractivity contribution is 0.340. The molecule has 0 amide bonds. The maximum atomic E-state index is 5.88. The van der Waals surface area contributed by atoms with Crippen molar-refractivity contribution in [2.45, 2.75) is 19.9 Å². The van der Waals surface area contributed by atoms with Gasteiger partial charge in [0.15, 0.2) is 11.5 Å². The van der Waals surface area contributed by atoms with Gasteiger partial charge in [-0.1, -0.05) is 24.3 Å². The fraction of sp³-hybridized carbons (Fsp3) is 0.355. The van der Waals surface area contributed by atoms with Crippen LogP contribution in [0.1, 0.15) is 18.1 Å². The molecule has 6 rings (SSSR count). The molecule has 3 heterocycles. The minimum atomic E-state index is 0.659. The zero-order valence-corrected chi connectivity index (χ0v) is 22.9. The average molecular weight is 526 g/mol. The molecule has 0 bridgehead atoms. The van der Waals surface area contributed by atoms with Crippen LogP contribution in [0.5, 0.6) is 17.2 Å². The van der Waals surface area contributed by atoms with Crippen LogP contribution < -0.4 is 28.9 Å². The summed E-state index contributed by atoms with van der Waals surface area (Å²) in [6, 6.07) is 20.8. The number of methoxy groups -OCH3 is 2. The molecule has 0 unspecified atom stereocenters. The number of rotatable bonds is 7. The van der Waals surface area contributed by atoms with E-state index in [1.165, 1.54) is 11.1 Å². The van der Waals surface area contributed by atoms with Gasteiger partial charge in [-0.2, -0.15) is 4.98 Å². The third kappa shape index (κ3) is 4.87. The van der Waals surface area contributed by atoms with E-state index in [2.05, 4.69) is 57.2 Å². The van der Waals surface area contributed by atoms with Gasteiger partial charge >= 0.3 is 0 Å². The quantitative estimate of drug-likeness (QED) is 0.337. The van der Waals surface area contributed by atoms with Gasteiger partial charge in [0.25, 0.3) is 0 Å². The predicted octanol–water partition coefficient (Wildman–Crippen LogP) is 4.94. The number of fused-ring (bicyclic) bond motifs is 2. The monoisotopic (exact) mass is 525 g/mol. The molecular weight excluding hydrogens is 490 g/mol. The molecule has 0 spiro atoms. The highest BCUT2D eigenvalue weighted by atomic mass is 16.5. The summed E-state index contributed by atoms with van der Waals surface area (Å²) in [4.78, 5) is 17.3. The number of aromatic nitrogens is 2. The van der Waals surface area contributed by atoms with E-state index in [4.69, 9.17) is 24.2 Å². The maximum Gasteiger partial charge on any atom is 0.228 e. The first kappa shape index (κ1) is 25.1. The van der Waals surface area contributed by atoms with Crippen LogP contribution in [-0.2, 0) is 13.0 Å². The molecule has 202 valence electrons. The van der Waals surface area contributed by atoms with Gasteiger partial charge in [-0.15, -0.1) is 0 Å². The van der Waals surface area contributed by atoms with Crippen LogP contribution >= 0.6 is 0 Å². The number of piperazine rings is 1. The summed E-state index contributed by atoms with van der Waals surface area (Å²) >= 11 is 0. The molecule has 1 aromatic heterocycles. The first-order valence-electron chi connectivity index (χ1n) is 13.7. The molecule has 0 saturated carbocycles. The lowest BCUT2D eigenvalue weighted by Gasteiger charge is -2.37. The van der Waals surface area contributed by atoms with Crippen molar-refractivity contribution in [2.24, 2.45) is 0 Å². The number of benzene rings is 3. The van der Waals surface area contributed by atoms with E-state index in [1.807, 2.05) is 25.1 Å². The Bertz CT molecular complexity index is 1470. The Labute approximate surface area is 229 Å². The highest BCUT2D eigenvalue weighted by Crippen LogP contribution is 2.36. The Kier molecular flexibility index (Phi) is 7.00. The van der Waals surface area contributed by atoms with Gasteiger partial charge in [0.2, 0.25) is 5.95 Å². The van der Waals surface area contributed by atoms with Crippen LogP contribution in [-0.4, -0.2) is 63.5 Å². The van der Waals surface area contributed by atoms with Gasteiger partial charge in [-0.25, -0.2) is 4.98 Å². The smallest absolute Gasteiger partial charge is 0.228 e. The molecule has 4 aromatic rings. The number of anilines is 3. The first-order chi connectivity index (χ1) is 19.2. The van der Waals surface area contributed by atoms with Crippen LogP contribution in [0.2, 0.25) is 0 Å². The van der Waals surface area contributed by atoms with Crippen LogP contribution in [0.15, 0.2) is 60.7 Å². The second-order valence-corrected chi connectivity index (χ2v) is 9.89. The van der Waals surface area contributed by atoms with Crippen molar-refractivity contribution >= 4 is 28.4 Å². The Morgan fingerprint density at radius 3 is 2.18 bits per heavy atom. The summed E-state index contributed by atoms with van der Waals surface area (Å²) in [5, 5.41) is 1.08. The van der Waals surface area contributed by atoms with Gasteiger partial charge in [-0.3, -0.25) is 0 Å². The fourth-order valence-corrected chi connectivity index (χ4v) is 5.64. The van der Waals surface area contributed by atoms with Crippen LogP contribution in [0.3, 0.4) is 0 Å². The van der Waals surface area contributed by atoms with E-state index in [-0.39, 0.29) is 0 Å². The van der Waals surface area contributed by atoms with E-state index in [0.29, 0.717) is 6.61 Å². The number of hydrogen-bond acceptors (Lipinski definition) is 8. The third-order valence-electron chi connectivity index (χ3n) is 7.66. The Hall–Kier alpha value is -4.20.